The van der Waals surface area contributed by atoms with Crippen LogP contribution in [0.15, 0.2) is 115 Å². The SMILES string of the molecule is CC#Cc1ccc(-c2ccc(C(=O)C3CCC45C=CC6C(C7C#Cc8c(cc(O)c9c8NC(C=C9)C(C)(O)Cc8cccc9c8C(c8cnc[nH]8)CC(CCc8ccccc8)C97)CC4NC(N)=NC)C4(CCC(CNC)C4CO)CC36C5)s2)s1. The lowest BCUT2D eigenvalue weighted by Gasteiger charge is -2.58. The van der Waals surface area contributed by atoms with E-state index in [1.807, 2.05) is 45.3 Å². The zero-order chi connectivity index (χ0) is 57.7. The Labute approximate surface area is 502 Å². The molecule has 11 bridgehead atoms. The number of benzene rings is 3. The van der Waals surface area contributed by atoms with Crippen LogP contribution in [0.5, 0.6) is 5.75 Å². The highest BCUT2D eigenvalue weighted by Gasteiger charge is 2.73. The van der Waals surface area contributed by atoms with Crippen molar-refractivity contribution in [1.82, 2.24) is 20.6 Å². The molecule has 11 nitrogen and oxygen atoms in total. The van der Waals surface area contributed by atoms with Gasteiger partial charge in [-0.1, -0.05) is 90.6 Å². The minimum atomic E-state index is -1.28. The number of thiophene rings is 2. The number of phenolic OH excluding ortho intramolecular Hbond substituents is 1. The maximum atomic E-state index is 16.4. The molecule has 3 spiro atoms. The summed E-state index contributed by atoms with van der Waals surface area (Å²) in [5.41, 5.74) is 13.2. The van der Waals surface area contributed by atoms with Crippen LogP contribution in [0.25, 0.3) is 15.8 Å². The van der Waals surface area contributed by atoms with Crippen LogP contribution in [0, 0.1) is 81.4 Å². The second-order valence-electron chi connectivity index (χ2n) is 26.3. The molecule has 6 aliphatic carbocycles. The number of allylic oxidation sites excluding steroid dienone is 1. The van der Waals surface area contributed by atoms with Crippen LogP contribution in [0.2, 0.25) is 0 Å². The fraction of sp³-hybridized carbons (Fsp3) is 0.451. The average Bonchev–Trinajstić information content (AvgIpc) is 1.59. The van der Waals surface area contributed by atoms with E-state index < -0.39 is 27.9 Å². The molecule has 0 radical (unpaired) electrons. The number of guanidine groups is 1. The van der Waals surface area contributed by atoms with Gasteiger partial charge in [-0.25, -0.2) is 4.98 Å². The van der Waals surface area contributed by atoms with Gasteiger partial charge in [-0.05, 0) is 190 Å². The second-order valence-corrected chi connectivity index (χ2v) is 28.5. The first-order valence-electron chi connectivity index (χ1n) is 30.6. The number of ketones is 1. The number of aliphatic hydroxyl groups is 2. The number of carbonyl (C=O) groups excluding carboxylic acids is 1. The number of aliphatic hydroxyl groups excluding tert-OH is 1. The molecular weight excluding hydrogens is 1080 g/mol. The number of nitrogens with zero attached hydrogens (tertiary/aromatic N) is 2. The highest BCUT2D eigenvalue weighted by molar-refractivity contribution is 7.23. The van der Waals surface area contributed by atoms with Crippen molar-refractivity contribution in [1.29, 1.82) is 0 Å². The van der Waals surface area contributed by atoms with Gasteiger partial charge in [0, 0.05) is 82.4 Å². The zero-order valence-corrected chi connectivity index (χ0v) is 50.2. The Bertz CT molecular complexity index is 3760. The maximum Gasteiger partial charge on any atom is 0.188 e. The quantitative estimate of drug-likeness (QED) is 0.0206. The van der Waals surface area contributed by atoms with Crippen LogP contribution in [0.1, 0.15) is 136 Å². The van der Waals surface area contributed by atoms with Crippen LogP contribution in [-0.2, 0) is 19.3 Å². The van der Waals surface area contributed by atoms with Gasteiger partial charge in [0.2, 0.25) is 0 Å². The number of aryl methyl sites for hydroxylation is 1. The average molecular weight is 1160 g/mol. The highest BCUT2D eigenvalue weighted by Crippen LogP contribution is 2.77. The van der Waals surface area contributed by atoms with Crippen molar-refractivity contribution in [3.8, 4) is 39.2 Å². The Morgan fingerprint density at radius 3 is 2.63 bits per heavy atom. The smallest absolute Gasteiger partial charge is 0.188 e. The Morgan fingerprint density at radius 1 is 0.988 bits per heavy atom. The van der Waals surface area contributed by atoms with E-state index in [1.54, 1.807) is 36.0 Å². The topological polar surface area (TPSA) is 181 Å². The third-order valence-corrected chi connectivity index (χ3v) is 24.5. The molecule has 2 aliphatic heterocycles. The lowest BCUT2D eigenvalue weighted by Crippen LogP contribution is -2.59. The maximum absolute atomic E-state index is 16.4. The lowest BCUT2D eigenvalue weighted by atomic mass is 9.46. The van der Waals surface area contributed by atoms with Gasteiger partial charge in [-0.2, -0.15) is 0 Å². The number of rotatable bonds is 11. The molecule has 3 aromatic carbocycles. The number of nitrogens with two attached hydrogens (primary N) is 1. The first kappa shape index (κ1) is 55.2. The Morgan fingerprint density at radius 2 is 1.83 bits per heavy atom. The molecule has 9 N–H and O–H groups in total. The molecule has 8 aliphatic rings. The molecular formula is C71H77N7O4S2. The Kier molecular flexibility index (Phi) is 14.0. The van der Waals surface area contributed by atoms with Gasteiger partial charge in [0.15, 0.2) is 11.7 Å². The molecule has 0 saturated heterocycles. The number of aromatic hydroxyl groups is 1. The molecule has 6 aromatic rings. The number of Topliss-reactive ketones (excluding diaryl/α,β-unsaturated/α-hetero) is 1. The molecule has 3 saturated carbocycles. The highest BCUT2D eigenvalue weighted by atomic mass is 32.1. The minimum Gasteiger partial charge on any atom is -0.507 e. The molecule has 3 aromatic heterocycles. The molecule has 84 heavy (non-hydrogen) atoms. The second kappa shape index (κ2) is 21.4. The van der Waals surface area contributed by atoms with Gasteiger partial charge < -0.3 is 42.0 Å². The molecule has 432 valence electrons. The number of H-pyrrole nitrogens is 1. The fourth-order valence-corrected chi connectivity index (χ4v) is 20.9. The zero-order valence-electron chi connectivity index (χ0n) is 48.6. The number of fused-ring (bicyclic) bond motifs is 5. The van der Waals surface area contributed by atoms with E-state index in [0.717, 1.165) is 105 Å². The number of aromatic nitrogens is 2. The molecule has 15 atom stereocenters. The van der Waals surface area contributed by atoms with E-state index in [-0.39, 0.29) is 77.4 Å². The number of nitrogens with one attached hydrogen (secondary N) is 4. The van der Waals surface area contributed by atoms with Crippen molar-refractivity contribution in [2.45, 2.75) is 114 Å². The summed E-state index contributed by atoms with van der Waals surface area (Å²) in [6.07, 6.45) is 21.2. The first-order chi connectivity index (χ1) is 40.8. The third kappa shape index (κ3) is 8.88. The van der Waals surface area contributed by atoms with Crippen molar-refractivity contribution >= 4 is 46.2 Å². The van der Waals surface area contributed by atoms with E-state index in [1.165, 1.54) is 16.7 Å². The Balaban J connectivity index is 1.06. The normalized spacial score (nSPS) is 33.8. The summed E-state index contributed by atoms with van der Waals surface area (Å²) >= 11 is 3.28. The number of aliphatic imine (C=N–C) groups is 1. The number of hydrogen-bond acceptors (Lipinski definition) is 10. The number of phenols is 1. The predicted octanol–water partition coefficient (Wildman–Crippen LogP) is 11.5. The summed E-state index contributed by atoms with van der Waals surface area (Å²) in [4.78, 5) is 33.2. The summed E-state index contributed by atoms with van der Waals surface area (Å²) in [6.45, 7) is 4.63. The van der Waals surface area contributed by atoms with E-state index in [2.05, 4.69) is 140 Å². The summed E-state index contributed by atoms with van der Waals surface area (Å²) < 4.78 is 0. The third-order valence-electron chi connectivity index (χ3n) is 22.2. The Hall–Kier alpha value is -6.71. The van der Waals surface area contributed by atoms with E-state index in [9.17, 15) is 15.3 Å². The number of hydrogen-bond donors (Lipinski definition) is 8. The standard InChI is InChI=1S/C71H77N7O4S2/c1-5-10-46-17-21-57(83-46)58-22-23-59(84-58)66(81)53-27-29-69-28-26-52-64(70(39-71(52,53)38-69)30-25-44(35-73-3)54(70)37-79)50-19-18-47-45(33-61(69)78-67(72)74-4)32-56(80)48-20-24-60(77-65(47)48)68(2,82)34-43-13-9-14-49-62(50)42(16-15-41-11-7-6-8-12-41)31-51(63(43)49)55-36-75-40-76-55/h6-9,11-14,17,20-24,26,28,32,36,40,42,44,50-54,60-62,64,73,77,79-80,82H,15-16,25,27,29-31,33-35,37-39H2,1-4H3,(H,75,76)(H3,72,74,78). The fourth-order valence-electron chi connectivity index (χ4n) is 18.9. The number of imidazole rings is 1. The summed E-state index contributed by atoms with van der Waals surface area (Å²) in [6, 6.07) is 27.3. The number of anilines is 1. The van der Waals surface area contributed by atoms with Crippen LogP contribution < -0.4 is 21.7 Å². The molecule has 3 fully saturated rings. The van der Waals surface area contributed by atoms with Crippen LogP contribution >= 0.6 is 22.7 Å². The molecule has 15 unspecified atom stereocenters. The van der Waals surface area contributed by atoms with Crippen LogP contribution in [0.4, 0.5) is 5.69 Å². The van der Waals surface area contributed by atoms with Gasteiger partial charge in [-0.3, -0.25) is 9.79 Å². The summed E-state index contributed by atoms with van der Waals surface area (Å²) in [7, 11) is 3.76. The van der Waals surface area contributed by atoms with Gasteiger partial charge in [0.05, 0.1) is 39.0 Å². The molecule has 0 amide bonds. The lowest BCUT2D eigenvalue weighted by molar-refractivity contribution is -0.0226. The van der Waals surface area contributed by atoms with Crippen molar-refractivity contribution < 1.29 is 20.1 Å². The van der Waals surface area contributed by atoms with E-state index in [0.29, 0.717) is 30.8 Å². The van der Waals surface area contributed by atoms with Gasteiger partial charge in [0.1, 0.15) is 5.75 Å². The van der Waals surface area contributed by atoms with Gasteiger partial charge >= 0.3 is 0 Å². The minimum absolute atomic E-state index is 0.0336. The van der Waals surface area contributed by atoms with Crippen LogP contribution in [0.3, 0.4) is 0 Å². The summed E-state index contributed by atoms with van der Waals surface area (Å²) in [5, 5.41) is 49.1. The number of aromatic amines is 1. The van der Waals surface area contributed by atoms with Crippen molar-refractivity contribution in [2.75, 3.05) is 32.6 Å². The van der Waals surface area contributed by atoms with E-state index >= 15 is 4.79 Å². The molecule has 5 heterocycles. The van der Waals surface area contributed by atoms with Gasteiger partial charge in [-0.15, -0.1) is 28.6 Å². The van der Waals surface area contributed by atoms with E-state index in [4.69, 9.17) is 5.73 Å². The van der Waals surface area contributed by atoms with Crippen molar-refractivity contribution in [2.24, 2.45) is 68.4 Å². The van der Waals surface area contributed by atoms with Gasteiger partial charge in [0.25, 0.3) is 0 Å². The van der Waals surface area contributed by atoms with Crippen LogP contribution in [-0.4, -0.2) is 82.0 Å². The largest absolute Gasteiger partial charge is 0.507 e. The van der Waals surface area contributed by atoms with Crippen molar-refractivity contribution in [3.63, 3.8) is 0 Å². The van der Waals surface area contributed by atoms with Crippen molar-refractivity contribution in [3.05, 3.63) is 164 Å². The summed E-state index contributed by atoms with van der Waals surface area (Å²) in [5.74, 6) is 14.8. The molecule has 14 rings (SSSR count). The predicted molar refractivity (Wildman–Crippen MR) is 337 cm³/mol. The number of carbonyl (C=O) groups is 1. The monoisotopic (exact) mass is 1160 g/mol. The molecule has 13 heteroatoms. The first-order valence-corrected chi connectivity index (χ1v) is 32.3.